The second-order valence-electron chi connectivity index (χ2n) is 6.03. The number of hydrogen-bond acceptors (Lipinski definition) is 5. The molecule has 0 aliphatic heterocycles. The predicted molar refractivity (Wildman–Crippen MR) is 93.2 cm³/mol. The lowest BCUT2D eigenvalue weighted by Gasteiger charge is -2.25. The molecule has 0 saturated heterocycles. The summed E-state index contributed by atoms with van der Waals surface area (Å²) >= 11 is 1.49. The van der Waals surface area contributed by atoms with Gasteiger partial charge in [0.05, 0.1) is 0 Å². The van der Waals surface area contributed by atoms with Crippen LogP contribution in [-0.2, 0) is 0 Å². The predicted octanol–water partition coefficient (Wildman–Crippen LogP) is 2.38. The molecule has 0 aliphatic carbocycles. The number of nitrogens with zero attached hydrogens (tertiary/aromatic N) is 5. The number of aromatic nitrogens is 3. The van der Waals surface area contributed by atoms with Gasteiger partial charge in [-0.25, -0.2) is 14.5 Å². The average molecular weight is 336 g/mol. The fourth-order valence-corrected chi connectivity index (χ4v) is 2.63. The van der Waals surface area contributed by atoms with E-state index < -0.39 is 0 Å². The summed E-state index contributed by atoms with van der Waals surface area (Å²) in [6, 6.07) is 1.66. The quantitative estimate of drug-likeness (QED) is 0.843. The second kappa shape index (κ2) is 8.07. The van der Waals surface area contributed by atoms with E-state index in [9.17, 15) is 4.79 Å². The van der Waals surface area contributed by atoms with E-state index in [0.29, 0.717) is 24.8 Å². The summed E-state index contributed by atoms with van der Waals surface area (Å²) < 4.78 is 1.66. The monoisotopic (exact) mass is 336 g/mol. The molecule has 2 heterocycles. The van der Waals surface area contributed by atoms with Gasteiger partial charge in [-0.05, 0) is 20.0 Å². The summed E-state index contributed by atoms with van der Waals surface area (Å²) in [5, 5.41) is 9.88. The molecule has 0 bridgehead atoms. The molecule has 126 valence electrons. The Morgan fingerprint density at radius 1 is 1.39 bits per heavy atom. The summed E-state index contributed by atoms with van der Waals surface area (Å²) in [6.45, 7) is 6.44. The molecule has 7 nitrogen and oxygen atoms in total. The van der Waals surface area contributed by atoms with Crippen LogP contribution in [0.4, 0.5) is 10.6 Å². The van der Waals surface area contributed by atoms with Crippen molar-refractivity contribution in [1.82, 2.24) is 24.6 Å². The largest absolute Gasteiger partial charge is 0.323 e. The summed E-state index contributed by atoms with van der Waals surface area (Å²) in [5.74, 6) is 0.944. The van der Waals surface area contributed by atoms with Crippen molar-refractivity contribution in [2.75, 3.05) is 39.0 Å². The van der Waals surface area contributed by atoms with Crippen molar-refractivity contribution in [3.8, 4) is 5.13 Å². The Labute approximate surface area is 140 Å². The number of carbonyl (C=O) groups excluding carboxylic acids is 1. The Hall–Kier alpha value is -1.93. The van der Waals surface area contributed by atoms with E-state index in [2.05, 4.69) is 34.1 Å². The van der Waals surface area contributed by atoms with Crippen LogP contribution in [0.1, 0.15) is 13.8 Å². The maximum Gasteiger partial charge on any atom is 0.323 e. The molecular weight excluding hydrogens is 312 g/mol. The topological polar surface area (TPSA) is 66.3 Å². The highest BCUT2D eigenvalue weighted by Gasteiger charge is 2.16. The SMILES string of the molecule is CC(C)CN(CCN(C)C)C(=O)Nc1ccn(-c2nccs2)n1. The number of likely N-dealkylation sites (N-methyl/N-ethyl adjacent to an activating group) is 1. The molecule has 23 heavy (non-hydrogen) atoms. The van der Waals surface area contributed by atoms with Gasteiger partial charge < -0.3 is 9.80 Å². The molecule has 0 aromatic carbocycles. The van der Waals surface area contributed by atoms with E-state index >= 15 is 0 Å². The first-order chi connectivity index (χ1) is 11.0. The Balaban J connectivity index is 1.99. The van der Waals surface area contributed by atoms with Crippen molar-refractivity contribution in [3.63, 3.8) is 0 Å². The van der Waals surface area contributed by atoms with Crippen LogP contribution >= 0.6 is 11.3 Å². The van der Waals surface area contributed by atoms with Crippen molar-refractivity contribution in [3.05, 3.63) is 23.8 Å². The van der Waals surface area contributed by atoms with Gasteiger partial charge in [-0.2, -0.15) is 0 Å². The molecule has 2 aromatic rings. The third-order valence-corrected chi connectivity index (χ3v) is 3.89. The van der Waals surface area contributed by atoms with E-state index in [1.165, 1.54) is 11.3 Å². The van der Waals surface area contributed by atoms with Gasteiger partial charge in [0.15, 0.2) is 5.82 Å². The van der Waals surface area contributed by atoms with Crippen molar-refractivity contribution in [2.24, 2.45) is 5.92 Å². The van der Waals surface area contributed by atoms with Gasteiger partial charge in [-0.3, -0.25) is 5.32 Å². The Morgan fingerprint density at radius 3 is 2.78 bits per heavy atom. The Morgan fingerprint density at radius 2 is 2.17 bits per heavy atom. The molecule has 8 heteroatoms. The lowest BCUT2D eigenvalue weighted by molar-refractivity contribution is 0.197. The Bertz CT molecular complexity index is 607. The van der Waals surface area contributed by atoms with Gasteiger partial charge in [-0.1, -0.05) is 13.8 Å². The third-order valence-electron chi connectivity index (χ3n) is 3.13. The highest BCUT2D eigenvalue weighted by molar-refractivity contribution is 7.12. The van der Waals surface area contributed by atoms with E-state index in [-0.39, 0.29) is 6.03 Å². The highest BCUT2D eigenvalue weighted by Crippen LogP contribution is 2.13. The summed E-state index contributed by atoms with van der Waals surface area (Å²) in [4.78, 5) is 20.6. The van der Waals surface area contributed by atoms with Gasteiger partial charge in [0.25, 0.3) is 0 Å². The highest BCUT2D eigenvalue weighted by atomic mass is 32.1. The normalized spacial score (nSPS) is 11.2. The van der Waals surface area contributed by atoms with Gasteiger partial charge in [0.1, 0.15) is 0 Å². The van der Waals surface area contributed by atoms with Crippen LogP contribution in [0.25, 0.3) is 5.13 Å². The minimum Gasteiger partial charge on any atom is -0.323 e. The van der Waals surface area contributed by atoms with Crippen LogP contribution in [0.2, 0.25) is 0 Å². The molecule has 0 atom stereocenters. The number of hydrogen-bond donors (Lipinski definition) is 1. The van der Waals surface area contributed by atoms with Crippen LogP contribution in [0, 0.1) is 5.92 Å². The minimum atomic E-state index is -0.120. The summed E-state index contributed by atoms with van der Waals surface area (Å²) in [5.41, 5.74) is 0. The lowest BCUT2D eigenvalue weighted by atomic mass is 10.2. The number of carbonyl (C=O) groups is 1. The molecule has 0 saturated carbocycles. The van der Waals surface area contributed by atoms with Gasteiger partial charge in [0, 0.05) is 43.5 Å². The lowest BCUT2D eigenvalue weighted by Crippen LogP contribution is -2.41. The number of thiazole rings is 1. The number of amides is 2. The van der Waals surface area contributed by atoms with Crippen LogP contribution in [0.5, 0.6) is 0 Å². The van der Waals surface area contributed by atoms with Crippen LogP contribution in [0.15, 0.2) is 23.8 Å². The molecule has 0 fully saturated rings. The van der Waals surface area contributed by atoms with Crippen molar-refractivity contribution < 1.29 is 4.79 Å². The average Bonchev–Trinajstić information content (AvgIpc) is 3.13. The molecular formula is C15H24N6OS. The molecule has 2 aromatic heterocycles. The maximum absolute atomic E-state index is 12.5. The maximum atomic E-state index is 12.5. The second-order valence-corrected chi connectivity index (χ2v) is 6.91. The fourth-order valence-electron chi connectivity index (χ4n) is 2.05. The summed E-state index contributed by atoms with van der Waals surface area (Å²) in [6.07, 6.45) is 3.52. The molecule has 0 spiro atoms. The number of anilines is 1. The van der Waals surface area contributed by atoms with E-state index in [1.54, 1.807) is 23.1 Å². The Kier molecular flexibility index (Phi) is 6.12. The van der Waals surface area contributed by atoms with Crippen molar-refractivity contribution >= 4 is 23.2 Å². The molecule has 0 radical (unpaired) electrons. The molecule has 2 amide bonds. The van der Waals surface area contributed by atoms with Crippen LogP contribution in [0.3, 0.4) is 0 Å². The third kappa shape index (κ3) is 5.33. The van der Waals surface area contributed by atoms with Crippen LogP contribution < -0.4 is 5.32 Å². The fraction of sp³-hybridized carbons (Fsp3) is 0.533. The van der Waals surface area contributed by atoms with E-state index in [1.807, 2.05) is 24.4 Å². The summed E-state index contributed by atoms with van der Waals surface area (Å²) in [7, 11) is 4.00. The molecule has 1 N–H and O–H groups in total. The number of urea groups is 1. The van der Waals surface area contributed by atoms with Crippen molar-refractivity contribution in [2.45, 2.75) is 13.8 Å². The molecule has 0 aliphatic rings. The van der Waals surface area contributed by atoms with E-state index in [0.717, 1.165) is 11.7 Å². The minimum absolute atomic E-state index is 0.120. The number of nitrogens with one attached hydrogen (secondary N) is 1. The van der Waals surface area contributed by atoms with E-state index in [4.69, 9.17) is 0 Å². The number of rotatable bonds is 7. The smallest absolute Gasteiger partial charge is 0.323 e. The first-order valence-corrected chi connectivity index (χ1v) is 8.50. The zero-order chi connectivity index (χ0) is 16.8. The zero-order valence-electron chi connectivity index (χ0n) is 14.1. The first-order valence-electron chi connectivity index (χ1n) is 7.62. The first kappa shape index (κ1) is 17.4. The van der Waals surface area contributed by atoms with Gasteiger partial charge in [0.2, 0.25) is 5.13 Å². The molecule has 2 rings (SSSR count). The standard InChI is InChI=1S/C15H24N6OS/c1-12(2)11-20(9-8-19(3)4)14(22)17-13-5-7-21(18-13)15-16-6-10-23-15/h5-7,10,12H,8-9,11H2,1-4H3,(H,17,18,22). The molecule has 0 unspecified atom stereocenters. The van der Waals surface area contributed by atoms with Gasteiger partial charge >= 0.3 is 6.03 Å². The van der Waals surface area contributed by atoms with Crippen LogP contribution in [-0.4, -0.2) is 64.3 Å². The van der Waals surface area contributed by atoms with Gasteiger partial charge in [-0.15, -0.1) is 16.4 Å². The zero-order valence-corrected chi connectivity index (χ0v) is 14.9. The van der Waals surface area contributed by atoms with Crippen molar-refractivity contribution in [1.29, 1.82) is 0 Å².